The van der Waals surface area contributed by atoms with Gasteiger partial charge in [-0.05, 0) is 60.4 Å². The first kappa shape index (κ1) is 23.3. The number of amides is 4. The van der Waals surface area contributed by atoms with Crippen LogP contribution in [0, 0.1) is 0 Å². The summed E-state index contributed by atoms with van der Waals surface area (Å²) in [7, 11) is -4.06. The Morgan fingerprint density at radius 2 is 1.82 bits per heavy atom. The van der Waals surface area contributed by atoms with Gasteiger partial charge in [0.2, 0.25) is 5.91 Å². The molecule has 4 rings (SSSR count). The van der Waals surface area contributed by atoms with E-state index >= 15 is 0 Å². The highest BCUT2D eigenvalue weighted by molar-refractivity contribution is 7.98. The average molecular weight is 522 g/mol. The van der Waals surface area contributed by atoms with Crippen LogP contribution in [0.2, 0.25) is 4.34 Å². The Balaban J connectivity index is 1.48. The van der Waals surface area contributed by atoms with Crippen LogP contribution in [0.4, 0.5) is 16.2 Å². The lowest BCUT2D eigenvalue weighted by Crippen LogP contribution is -2.42. The number of urea groups is 1. The molecule has 1 aliphatic rings. The van der Waals surface area contributed by atoms with Crippen molar-refractivity contribution in [3.63, 3.8) is 0 Å². The number of hydrogen-bond acceptors (Lipinski definition) is 7. The maximum absolute atomic E-state index is 13.0. The van der Waals surface area contributed by atoms with Crippen LogP contribution in [0.5, 0.6) is 0 Å². The molecule has 1 aromatic heterocycles. The topological polar surface area (TPSA) is 113 Å². The summed E-state index contributed by atoms with van der Waals surface area (Å²) in [5.74, 6) is -0.778. The van der Waals surface area contributed by atoms with Gasteiger partial charge in [-0.2, -0.15) is 0 Å². The van der Waals surface area contributed by atoms with E-state index in [0.717, 1.165) is 21.1 Å². The summed E-state index contributed by atoms with van der Waals surface area (Å²) in [6.07, 6.45) is 2.00. The molecule has 8 nitrogen and oxygen atoms in total. The molecule has 1 aliphatic heterocycles. The van der Waals surface area contributed by atoms with Crippen molar-refractivity contribution in [1.29, 1.82) is 0 Å². The van der Waals surface area contributed by atoms with E-state index in [9.17, 15) is 22.8 Å². The molecule has 2 heterocycles. The van der Waals surface area contributed by atoms with Gasteiger partial charge in [0.1, 0.15) is 4.21 Å². The van der Waals surface area contributed by atoms with Crippen LogP contribution in [0.1, 0.15) is 15.9 Å². The quantitative estimate of drug-likeness (QED) is 0.381. The van der Waals surface area contributed by atoms with Crippen LogP contribution in [-0.4, -0.2) is 32.5 Å². The molecular weight excluding hydrogens is 506 g/mol. The van der Waals surface area contributed by atoms with E-state index in [-0.39, 0.29) is 26.6 Å². The number of sulfonamides is 1. The molecule has 0 aliphatic carbocycles. The minimum absolute atomic E-state index is 0.0926. The lowest BCUT2D eigenvalue weighted by molar-refractivity contribution is -0.117. The van der Waals surface area contributed by atoms with E-state index in [1.807, 2.05) is 17.0 Å². The molecule has 33 heavy (non-hydrogen) atoms. The molecule has 2 aromatic carbocycles. The van der Waals surface area contributed by atoms with Crippen LogP contribution in [0.25, 0.3) is 0 Å². The summed E-state index contributed by atoms with van der Waals surface area (Å²) in [6.45, 7) is 0. The summed E-state index contributed by atoms with van der Waals surface area (Å²) in [6, 6.07) is 13.1. The Labute approximate surface area is 203 Å². The predicted octanol–water partition coefficient (Wildman–Crippen LogP) is 4.36. The van der Waals surface area contributed by atoms with E-state index in [4.69, 9.17) is 11.6 Å². The van der Waals surface area contributed by atoms with E-state index in [2.05, 4.69) is 5.32 Å². The maximum Gasteiger partial charge on any atom is 0.333 e. The Hall–Kier alpha value is -2.86. The standard InChI is InChI=1S/C21H16ClN3O5S3/c1-31-15-7-2-12-10-18(26)25(20(27)16(12)11-15)14-5-3-13(4-6-14)23-21(28)24-33(29,30)19-9-8-17(22)32-19/h2-9,11H,10H2,1H3,(H2,23,24,28). The highest BCUT2D eigenvalue weighted by atomic mass is 35.5. The van der Waals surface area contributed by atoms with Crippen molar-refractivity contribution in [2.75, 3.05) is 16.5 Å². The smallest absolute Gasteiger partial charge is 0.307 e. The van der Waals surface area contributed by atoms with Gasteiger partial charge < -0.3 is 5.32 Å². The number of anilines is 2. The number of fused-ring (bicyclic) bond motifs is 1. The Kier molecular flexibility index (Phi) is 6.48. The third-order valence-corrected chi connectivity index (χ3v) is 8.54. The molecule has 0 radical (unpaired) electrons. The molecule has 3 aromatic rings. The number of rotatable bonds is 5. The number of benzene rings is 2. The predicted molar refractivity (Wildman–Crippen MR) is 129 cm³/mol. The molecule has 0 bridgehead atoms. The monoisotopic (exact) mass is 521 g/mol. The third kappa shape index (κ3) is 4.91. The number of thioether (sulfide) groups is 1. The minimum Gasteiger partial charge on any atom is -0.307 e. The van der Waals surface area contributed by atoms with Gasteiger partial charge in [-0.15, -0.1) is 23.1 Å². The fourth-order valence-electron chi connectivity index (χ4n) is 3.24. The summed E-state index contributed by atoms with van der Waals surface area (Å²) in [4.78, 5) is 39.8. The fraction of sp³-hybridized carbons (Fsp3) is 0.0952. The molecule has 0 fully saturated rings. The molecule has 0 saturated heterocycles. The van der Waals surface area contributed by atoms with Gasteiger partial charge in [-0.3, -0.25) is 9.59 Å². The summed E-state index contributed by atoms with van der Waals surface area (Å²) >= 11 is 8.07. The van der Waals surface area contributed by atoms with Crippen molar-refractivity contribution in [1.82, 2.24) is 4.72 Å². The van der Waals surface area contributed by atoms with Crippen molar-refractivity contribution in [2.45, 2.75) is 15.5 Å². The van der Waals surface area contributed by atoms with E-state index in [0.29, 0.717) is 16.8 Å². The van der Waals surface area contributed by atoms with Crippen molar-refractivity contribution in [3.8, 4) is 0 Å². The van der Waals surface area contributed by atoms with Gasteiger partial charge in [0.05, 0.1) is 16.4 Å². The van der Waals surface area contributed by atoms with Gasteiger partial charge in [0.15, 0.2) is 0 Å². The zero-order valence-corrected chi connectivity index (χ0v) is 20.2. The van der Waals surface area contributed by atoms with Gasteiger partial charge in [-0.25, -0.2) is 22.8 Å². The number of carbonyl (C=O) groups excluding carboxylic acids is 3. The van der Waals surface area contributed by atoms with Crippen molar-refractivity contribution in [2.24, 2.45) is 0 Å². The van der Waals surface area contributed by atoms with E-state index < -0.39 is 22.0 Å². The first-order valence-electron chi connectivity index (χ1n) is 9.41. The van der Waals surface area contributed by atoms with Gasteiger partial charge in [0.25, 0.3) is 15.9 Å². The van der Waals surface area contributed by atoms with Crippen molar-refractivity contribution < 1.29 is 22.8 Å². The number of nitrogens with one attached hydrogen (secondary N) is 2. The third-order valence-electron chi connectivity index (χ3n) is 4.77. The lowest BCUT2D eigenvalue weighted by Gasteiger charge is -2.27. The number of nitrogens with zero attached hydrogens (tertiary/aromatic N) is 1. The van der Waals surface area contributed by atoms with Crippen molar-refractivity contribution >= 4 is 73.9 Å². The van der Waals surface area contributed by atoms with Gasteiger partial charge >= 0.3 is 6.03 Å². The van der Waals surface area contributed by atoms with Crippen LogP contribution >= 0.6 is 34.7 Å². The molecule has 0 unspecified atom stereocenters. The molecule has 4 amide bonds. The normalized spacial score (nSPS) is 13.6. The Morgan fingerprint density at radius 3 is 2.45 bits per heavy atom. The zero-order chi connectivity index (χ0) is 23.8. The van der Waals surface area contributed by atoms with Crippen LogP contribution in [0.15, 0.2) is 63.7 Å². The molecule has 12 heteroatoms. The summed E-state index contributed by atoms with van der Waals surface area (Å²) < 4.78 is 26.5. The first-order valence-corrected chi connectivity index (χ1v) is 13.3. The molecular formula is C21H16ClN3O5S3. The van der Waals surface area contributed by atoms with Crippen LogP contribution in [-0.2, 0) is 21.2 Å². The largest absolute Gasteiger partial charge is 0.333 e. The van der Waals surface area contributed by atoms with E-state index in [1.54, 1.807) is 12.1 Å². The SMILES string of the molecule is CSc1ccc2c(c1)C(=O)N(c1ccc(NC(=O)NS(=O)(=O)c3ccc(Cl)s3)cc1)C(=O)C2. The highest BCUT2D eigenvalue weighted by Gasteiger charge is 2.32. The number of imide groups is 1. The number of carbonyl (C=O) groups is 3. The molecule has 0 saturated carbocycles. The maximum atomic E-state index is 13.0. The average Bonchev–Trinajstić information content (AvgIpc) is 3.22. The Bertz CT molecular complexity index is 1370. The number of halogens is 1. The summed E-state index contributed by atoms with van der Waals surface area (Å²) in [5, 5.41) is 2.41. The molecule has 2 N–H and O–H groups in total. The second kappa shape index (κ2) is 9.18. The van der Waals surface area contributed by atoms with Crippen LogP contribution in [0.3, 0.4) is 0 Å². The second-order valence-corrected chi connectivity index (χ2v) is 11.4. The fourth-order valence-corrected chi connectivity index (χ4v) is 6.07. The molecule has 0 spiro atoms. The second-order valence-electron chi connectivity index (χ2n) is 6.90. The molecule has 0 atom stereocenters. The number of thiophene rings is 1. The summed E-state index contributed by atoms with van der Waals surface area (Å²) in [5.41, 5.74) is 1.78. The van der Waals surface area contributed by atoms with Crippen LogP contribution < -0.4 is 14.9 Å². The van der Waals surface area contributed by atoms with E-state index in [1.165, 1.54) is 48.2 Å². The molecule has 170 valence electrons. The van der Waals surface area contributed by atoms with Crippen molar-refractivity contribution in [3.05, 3.63) is 70.1 Å². The van der Waals surface area contributed by atoms with Gasteiger partial charge in [-0.1, -0.05) is 17.7 Å². The van der Waals surface area contributed by atoms with Gasteiger partial charge in [0, 0.05) is 16.1 Å². The Morgan fingerprint density at radius 1 is 1.09 bits per heavy atom. The zero-order valence-electron chi connectivity index (χ0n) is 17.0. The minimum atomic E-state index is -4.06. The first-order chi connectivity index (χ1) is 15.7. The lowest BCUT2D eigenvalue weighted by atomic mass is 9.98. The number of hydrogen-bond donors (Lipinski definition) is 2. The highest BCUT2D eigenvalue weighted by Crippen LogP contribution is 2.29.